The van der Waals surface area contributed by atoms with Gasteiger partial charge in [0.05, 0.1) is 12.2 Å². The van der Waals surface area contributed by atoms with E-state index in [1.54, 1.807) is 38.1 Å². The number of rotatable bonds is 6. The molecule has 1 aromatic heterocycles. The second-order valence-electron chi connectivity index (χ2n) is 6.47. The Labute approximate surface area is 171 Å². The number of hydrogen-bond donors (Lipinski definition) is 2. The van der Waals surface area contributed by atoms with Crippen LogP contribution in [0.5, 0.6) is 0 Å². The molecule has 1 aliphatic rings. The maximum Gasteiger partial charge on any atom is 0.341 e. The molecule has 29 heavy (non-hydrogen) atoms. The van der Waals surface area contributed by atoms with Crippen LogP contribution in [-0.4, -0.2) is 41.9 Å². The molecular formula is C20H21N3O5S. The summed E-state index contributed by atoms with van der Waals surface area (Å²) in [7, 11) is 0. The van der Waals surface area contributed by atoms with Crippen molar-refractivity contribution < 1.29 is 23.9 Å². The quantitative estimate of drug-likeness (QED) is 0.558. The molecule has 4 amide bonds. The first-order valence-corrected chi connectivity index (χ1v) is 9.88. The normalized spacial score (nSPS) is 16.0. The van der Waals surface area contributed by atoms with Gasteiger partial charge in [0.1, 0.15) is 17.6 Å². The molecule has 152 valence electrons. The van der Waals surface area contributed by atoms with E-state index in [1.165, 1.54) is 11.3 Å². The van der Waals surface area contributed by atoms with Crippen molar-refractivity contribution in [1.82, 2.24) is 10.2 Å². The van der Waals surface area contributed by atoms with Gasteiger partial charge in [-0.05, 0) is 31.9 Å². The van der Waals surface area contributed by atoms with Crippen molar-refractivity contribution in [3.05, 3.63) is 51.9 Å². The van der Waals surface area contributed by atoms with Crippen LogP contribution in [-0.2, 0) is 14.3 Å². The molecule has 3 rings (SSSR count). The Kier molecular flexibility index (Phi) is 5.97. The smallest absolute Gasteiger partial charge is 0.341 e. The number of carbonyl (C=O) groups excluding carboxylic acids is 4. The average Bonchev–Trinajstić information content (AvgIpc) is 3.12. The van der Waals surface area contributed by atoms with Crippen LogP contribution in [0, 0.1) is 13.8 Å². The minimum Gasteiger partial charge on any atom is -0.462 e. The first-order chi connectivity index (χ1) is 13.8. The Bertz CT molecular complexity index is 970. The van der Waals surface area contributed by atoms with Crippen LogP contribution in [0.15, 0.2) is 30.3 Å². The van der Waals surface area contributed by atoms with Crippen molar-refractivity contribution in [2.75, 3.05) is 18.5 Å². The topological polar surface area (TPSA) is 105 Å². The van der Waals surface area contributed by atoms with Gasteiger partial charge in [-0.2, -0.15) is 0 Å². The molecule has 1 unspecified atom stereocenters. The van der Waals surface area contributed by atoms with Crippen LogP contribution >= 0.6 is 11.3 Å². The number of benzene rings is 1. The number of amides is 4. The van der Waals surface area contributed by atoms with E-state index in [9.17, 15) is 19.2 Å². The van der Waals surface area contributed by atoms with Crippen molar-refractivity contribution in [2.24, 2.45) is 0 Å². The summed E-state index contributed by atoms with van der Waals surface area (Å²) in [4.78, 5) is 51.3. The van der Waals surface area contributed by atoms with Crippen LogP contribution in [0.4, 0.5) is 9.80 Å². The van der Waals surface area contributed by atoms with Crippen molar-refractivity contribution in [3.63, 3.8) is 0 Å². The molecule has 0 aliphatic carbocycles. The van der Waals surface area contributed by atoms with E-state index < -0.39 is 36.4 Å². The van der Waals surface area contributed by atoms with E-state index in [0.717, 1.165) is 15.3 Å². The largest absolute Gasteiger partial charge is 0.462 e. The molecule has 9 heteroatoms. The number of imide groups is 1. The predicted octanol–water partition coefficient (Wildman–Crippen LogP) is 2.77. The minimum atomic E-state index is -0.821. The Hall–Kier alpha value is -3.20. The second kappa shape index (κ2) is 8.44. The summed E-state index contributed by atoms with van der Waals surface area (Å²) in [5.74, 6) is -1.60. The highest BCUT2D eigenvalue weighted by molar-refractivity contribution is 7.16. The van der Waals surface area contributed by atoms with Gasteiger partial charge >= 0.3 is 12.0 Å². The maximum absolute atomic E-state index is 12.6. The lowest BCUT2D eigenvalue weighted by atomic mass is 10.1. The minimum absolute atomic E-state index is 0.212. The third-order valence-electron chi connectivity index (χ3n) is 4.58. The number of carbonyl (C=O) groups is 4. The van der Waals surface area contributed by atoms with E-state index in [1.807, 2.05) is 13.0 Å². The monoisotopic (exact) mass is 415 g/mol. The van der Waals surface area contributed by atoms with Crippen LogP contribution in [0.1, 0.15) is 39.3 Å². The van der Waals surface area contributed by atoms with E-state index in [0.29, 0.717) is 16.1 Å². The van der Waals surface area contributed by atoms with Gasteiger partial charge in [-0.15, -0.1) is 11.3 Å². The zero-order valence-electron chi connectivity index (χ0n) is 16.3. The lowest BCUT2D eigenvalue weighted by Gasteiger charge is -2.13. The number of thiophene rings is 1. The molecule has 1 aromatic carbocycles. The summed E-state index contributed by atoms with van der Waals surface area (Å²) in [6, 6.07) is 7.35. The van der Waals surface area contributed by atoms with E-state index in [-0.39, 0.29) is 6.61 Å². The van der Waals surface area contributed by atoms with Crippen LogP contribution < -0.4 is 10.6 Å². The molecule has 0 bridgehead atoms. The summed E-state index contributed by atoms with van der Waals surface area (Å²) in [5.41, 5.74) is 1.66. The summed E-state index contributed by atoms with van der Waals surface area (Å²) >= 11 is 1.24. The first-order valence-electron chi connectivity index (χ1n) is 9.07. The lowest BCUT2D eigenvalue weighted by Crippen LogP contribution is -2.38. The SMILES string of the molecule is CCOC(=O)c1c(NC(=O)CN2C(=O)NC(c3ccccc3)C2=O)sc(C)c1C. The number of nitrogens with zero attached hydrogens (tertiary/aromatic N) is 1. The number of anilines is 1. The zero-order chi connectivity index (χ0) is 21.1. The van der Waals surface area contributed by atoms with Crippen molar-refractivity contribution >= 4 is 40.2 Å². The highest BCUT2D eigenvalue weighted by Crippen LogP contribution is 2.33. The third-order valence-corrected chi connectivity index (χ3v) is 5.70. The van der Waals surface area contributed by atoms with Gasteiger partial charge in [0.2, 0.25) is 5.91 Å². The molecule has 2 aromatic rings. The van der Waals surface area contributed by atoms with Gasteiger partial charge in [-0.25, -0.2) is 9.59 Å². The molecule has 2 N–H and O–H groups in total. The number of aryl methyl sites for hydroxylation is 1. The number of nitrogens with one attached hydrogen (secondary N) is 2. The Morgan fingerprint density at radius 3 is 2.55 bits per heavy atom. The highest BCUT2D eigenvalue weighted by atomic mass is 32.1. The molecular weight excluding hydrogens is 394 g/mol. The highest BCUT2D eigenvalue weighted by Gasteiger charge is 2.40. The third kappa shape index (κ3) is 4.14. The van der Waals surface area contributed by atoms with Gasteiger partial charge < -0.3 is 15.4 Å². The molecule has 8 nitrogen and oxygen atoms in total. The van der Waals surface area contributed by atoms with E-state index in [4.69, 9.17) is 4.74 Å². The second-order valence-corrected chi connectivity index (χ2v) is 7.70. The van der Waals surface area contributed by atoms with Gasteiger partial charge in [0, 0.05) is 4.88 Å². The number of urea groups is 1. The predicted molar refractivity (Wildman–Crippen MR) is 108 cm³/mol. The maximum atomic E-state index is 12.6. The molecule has 2 heterocycles. The average molecular weight is 415 g/mol. The Morgan fingerprint density at radius 1 is 1.21 bits per heavy atom. The summed E-state index contributed by atoms with van der Waals surface area (Å²) < 4.78 is 5.06. The van der Waals surface area contributed by atoms with Gasteiger partial charge in [0.15, 0.2) is 0 Å². The summed E-state index contributed by atoms with van der Waals surface area (Å²) in [5, 5.41) is 5.57. The Balaban J connectivity index is 1.73. The summed E-state index contributed by atoms with van der Waals surface area (Å²) in [6.07, 6.45) is 0. The molecule has 0 saturated carbocycles. The number of hydrogen-bond acceptors (Lipinski definition) is 6. The fourth-order valence-electron chi connectivity index (χ4n) is 3.01. The Morgan fingerprint density at radius 2 is 1.90 bits per heavy atom. The fraction of sp³-hybridized carbons (Fsp3) is 0.300. The fourth-order valence-corrected chi connectivity index (χ4v) is 4.08. The standard InChI is InChI=1S/C20H21N3O5S/c1-4-28-19(26)15-11(2)12(3)29-17(15)21-14(24)10-23-18(25)16(22-20(23)27)13-8-6-5-7-9-13/h5-9,16H,4,10H2,1-3H3,(H,21,24)(H,22,27). The zero-order valence-corrected chi connectivity index (χ0v) is 17.1. The number of ether oxygens (including phenoxy) is 1. The van der Waals surface area contributed by atoms with Crippen LogP contribution in [0.3, 0.4) is 0 Å². The van der Waals surface area contributed by atoms with Crippen molar-refractivity contribution in [3.8, 4) is 0 Å². The van der Waals surface area contributed by atoms with Gasteiger partial charge in [-0.1, -0.05) is 30.3 Å². The van der Waals surface area contributed by atoms with Crippen molar-refractivity contribution in [1.29, 1.82) is 0 Å². The molecule has 1 fully saturated rings. The molecule has 0 radical (unpaired) electrons. The van der Waals surface area contributed by atoms with Crippen molar-refractivity contribution in [2.45, 2.75) is 26.8 Å². The molecule has 1 aliphatic heterocycles. The van der Waals surface area contributed by atoms with E-state index >= 15 is 0 Å². The van der Waals surface area contributed by atoms with Crippen LogP contribution in [0.2, 0.25) is 0 Å². The van der Waals surface area contributed by atoms with Gasteiger partial charge in [0.25, 0.3) is 5.91 Å². The van der Waals surface area contributed by atoms with E-state index in [2.05, 4.69) is 10.6 Å². The van der Waals surface area contributed by atoms with Crippen LogP contribution in [0.25, 0.3) is 0 Å². The first kappa shape index (κ1) is 20.5. The summed E-state index contributed by atoms with van der Waals surface area (Å²) in [6.45, 7) is 5.07. The molecule has 1 atom stereocenters. The van der Waals surface area contributed by atoms with Gasteiger partial charge in [-0.3, -0.25) is 14.5 Å². The lowest BCUT2D eigenvalue weighted by molar-refractivity contribution is -0.130. The molecule has 0 spiro atoms. The number of esters is 1. The molecule has 1 saturated heterocycles.